The summed E-state index contributed by atoms with van der Waals surface area (Å²) in [5, 5.41) is 4.59. The molecule has 1 amide bonds. The average molecular weight is 337 g/mol. The van der Waals surface area contributed by atoms with E-state index < -0.39 is 0 Å². The molecule has 1 N–H and O–H groups in total. The van der Waals surface area contributed by atoms with Crippen LogP contribution in [-0.4, -0.2) is 25.6 Å². The number of halogens is 1. The van der Waals surface area contributed by atoms with Gasteiger partial charge in [0.1, 0.15) is 12.4 Å². The number of anilines is 2. The van der Waals surface area contributed by atoms with Crippen molar-refractivity contribution in [3.63, 3.8) is 0 Å². The van der Waals surface area contributed by atoms with Crippen molar-refractivity contribution in [3.05, 3.63) is 40.2 Å². The predicted octanol–water partition coefficient (Wildman–Crippen LogP) is 4.07. The highest BCUT2D eigenvalue weighted by atomic mass is 35.5. The van der Waals surface area contributed by atoms with E-state index in [1.54, 1.807) is 0 Å². The molecule has 0 fully saturated rings. The standard InChI is InChI=1S/C16H17ClN2O2S/c1-2-7-18-16(20)14-5-6-15(22-14)19-8-9-21-13-4-3-11(17)10-12(13)19/h3-6,10H,2,7-9H2,1H3,(H,18,20). The number of fused-ring (bicyclic) bond motifs is 1. The predicted molar refractivity (Wildman–Crippen MR) is 90.9 cm³/mol. The zero-order valence-corrected chi connectivity index (χ0v) is 13.8. The second-order valence-electron chi connectivity index (χ2n) is 5.01. The Balaban J connectivity index is 1.86. The van der Waals surface area contributed by atoms with E-state index >= 15 is 0 Å². The molecule has 4 nitrogen and oxygen atoms in total. The third-order valence-electron chi connectivity index (χ3n) is 3.40. The van der Waals surface area contributed by atoms with Gasteiger partial charge in [0, 0.05) is 11.6 Å². The van der Waals surface area contributed by atoms with Crippen LogP contribution < -0.4 is 15.0 Å². The van der Waals surface area contributed by atoms with Gasteiger partial charge in [0.25, 0.3) is 5.91 Å². The molecule has 1 aromatic carbocycles. The number of carbonyl (C=O) groups excluding carboxylic acids is 1. The Morgan fingerprint density at radius 3 is 3.09 bits per heavy atom. The zero-order valence-electron chi connectivity index (χ0n) is 12.3. The van der Waals surface area contributed by atoms with Crippen LogP contribution in [0.25, 0.3) is 0 Å². The molecule has 0 atom stereocenters. The topological polar surface area (TPSA) is 41.6 Å². The highest BCUT2D eigenvalue weighted by Gasteiger charge is 2.22. The Hall–Kier alpha value is -1.72. The number of thiophene rings is 1. The molecule has 2 heterocycles. The smallest absolute Gasteiger partial charge is 0.261 e. The highest BCUT2D eigenvalue weighted by Crippen LogP contribution is 2.40. The van der Waals surface area contributed by atoms with Crippen LogP contribution in [0.4, 0.5) is 10.7 Å². The molecule has 0 unspecified atom stereocenters. The molecule has 1 aliphatic rings. The molecule has 2 aromatic rings. The normalized spacial score (nSPS) is 13.5. The number of nitrogens with zero attached hydrogens (tertiary/aromatic N) is 1. The molecule has 0 aliphatic carbocycles. The lowest BCUT2D eigenvalue weighted by atomic mass is 10.2. The Labute approximate surface area is 138 Å². The van der Waals surface area contributed by atoms with Gasteiger partial charge in [-0.1, -0.05) is 18.5 Å². The van der Waals surface area contributed by atoms with Crippen LogP contribution in [0.5, 0.6) is 5.75 Å². The van der Waals surface area contributed by atoms with Crippen LogP contribution in [0.1, 0.15) is 23.0 Å². The van der Waals surface area contributed by atoms with Crippen molar-refractivity contribution in [3.8, 4) is 5.75 Å². The molecular weight excluding hydrogens is 320 g/mol. The molecule has 6 heteroatoms. The van der Waals surface area contributed by atoms with Gasteiger partial charge in [-0.05, 0) is 36.8 Å². The maximum atomic E-state index is 12.0. The second-order valence-corrected chi connectivity index (χ2v) is 6.50. The summed E-state index contributed by atoms with van der Waals surface area (Å²) in [6, 6.07) is 9.44. The van der Waals surface area contributed by atoms with E-state index in [9.17, 15) is 4.79 Å². The fourth-order valence-corrected chi connectivity index (χ4v) is 3.47. The summed E-state index contributed by atoms with van der Waals surface area (Å²) in [5.74, 6) is 0.804. The SMILES string of the molecule is CCCNC(=O)c1ccc(N2CCOc3ccc(Cl)cc32)s1. The summed E-state index contributed by atoms with van der Waals surface area (Å²) in [6.07, 6.45) is 0.930. The first-order valence-corrected chi connectivity index (χ1v) is 8.46. The van der Waals surface area contributed by atoms with Gasteiger partial charge < -0.3 is 15.0 Å². The van der Waals surface area contributed by atoms with Crippen molar-refractivity contribution >= 4 is 39.5 Å². The highest BCUT2D eigenvalue weighted by molar-refractivity contribution is 7.18. The first-order chi connectivity index (χ1) is 10.7. The molecule has 0 radical (unpaired) electrons. The van der Waals surface area contributed by atoms with Gasteiger partial charge in [-0.25, -0.2) is 0 Å². The van der Waals surface area contributed by atoms with Gasteiger partial charge in [0.2, 0.25) is 0 Å². The number of benzene rings is 1. The molecule has 0 saturated heterocycles. The largest absolute Gasteiger partial charge is 0.490 e. The first-order valence-electron chi connectivity index (χ1n) is 7.27. The van der Waals surface area contributed by atoms with Crippen molar-refractivity contribution in [2.75, 3.05) is 24.6 Å². The summed E-state index contributed by atoms with van der Waals surface area (Å²) in [4.78, 5) is 14.9. The number of rotatable bonds is 4. The van der Waals surface area contributed by atoms with E-state index in [1.807, 2.05) is 37.3 Å². The van der Waals surface area contributed by atoms with Gasteiger partial charge in [-0.2, -0.15) is 0 Å². The fourth-order valence-electron chi connectivity index (χ4n) is 2.34. The quantitative estimate of drug-likeness (QED) is 0.915. The van der Waals surface area contributed by atoms with Crippen molar-refractivity contribution in [2.24, 2.45) is 0 Å². The van der Waals surface area contributed by atoms with Crippen LogP contribution in [0.2, 0.25) is 5.02 Å². The fraction of sp³-hybridized carbons (Fsp3) is 0.312. The van der Waals surface area contributed by atoms with Gasteiger partial charge in [0.15, 0.2) is 0 Å². The van der Waals surface area contributed by atoms with Crippen LogP contribution in [0, 0.1) is 0 Å². The number of nitrogens with one attached hydrogen (secondary N) is 1. The molecule has 3 rings (SSSR count). The van der Waals surface area contributed by atoms with Gasteiger partial charge >= 0.3 is 0 Å². The molecule has 0 spiro atoms. The molecular formula is C16H17ClN2O2S. The van der Waals surface area contributed by atoms with Gasteiger partial charge in [-0.3, -0.25) is 4.79 Å². The monoisotopic (exact) mass is 336 g/mol. The van der Waals surface area contributed by atoms with E-state index in [-0.39, 0.29) is 5.91 Å². The van der Waals surface area contributed by atoms with Crippen LogP contribution >= 0.6 is 22.9 Å². The first kappa shape index (κ1) is 15.2. The second kappa shape index (κ2) is 6.58. The van der Waals surface area contributed by atoms with E-state index in [4.69, 9.17) is 16.3 Å². The third-order valence-corrected chi connectivity index (χ3v) is 4.74. The molecule has 116 valence electrons. The minimum Gasteiger partial charge on any atom is -0.490 e. The van der Waals surface area contributed by atoms with E-state index in [0.29, 0.717) is 18.2 Å². The van der Waals surface area contributed by atoms with Crippen molar-refractivity contribution in [1.82, 2.24) is 5.32 Å². The Morgan fingerprint density at radius 1 is 1.41 bits per heavy atom. The van der Waals surface area contributed by atoms with E-state index in [0.717, 1.165) is 34.3 Å². The average Bonchev–Trinajstić information content (AvgIpc) is 3.01. The summed E-state index contributed by atoms with van der Waals surface area (Å²) in [7, 11) is 0. The lowest BCUT2D eigenvalue weighted by molar-refractivity contribution is 0.0957. The number of hydrogen-bond acceptors (Lipinski definition) is 4. The molecule has 1 aromatic heterocycles. The Morgan fingerprint density at radius 2 is 2.27 bits per heavy atom. The number of amides is 1. The van der Waals surface area contributed by atoms with E-state index in [2.05, 4.69) is 10.2 Å². The molecule has 1 aliphatic heterocycles. The third kappa shape index (κ3) is 3.05. The Kier molecular flexibility index (Phi) is 4.55. The van der Waals surface area contributed by atoms with Crippen LogP contribution in [0.15, 0.2) is 30.3 Å². The minimum atomic E-state index is -0.0160. The van der Waals surface area contributed by atoms with Crippen LogP contribution in [-0.2, 0) is 0 Å². The van der Waals surface area contributed by atoms with Gasteiger partial charge in [-0.15, -0.1) is 11.3 Å². The summed E-state index contributed by atoms with van der Waals surface area (Å²) < 4.78 is 5.66. The van der Waals surface area contributed by atoms with Crippen molar-refractivity contribution in [2.45, 2.75) is 13.3 Å². The number of hydrogen-bond donors (Lipinski definition) is 1. The van der Waals surface area contributed by atoms with E-state index in [1.165, 1.54) is 11.3 Å². The Bertz CT molecular complexity index is 687. The number of ether oxygens (including phenoxy) is 1. The molecule has 0 bridgehead atoms. The lowest BCUT2D eigenvalue weighted by Crippen LogP contribution is -2.27. The number of carbonyl (C=O) groups is 1. The lowest BCUT2D eigenvalue weighted by Gasteiger charge is -2.30. The van der Waals surface area contributed by atoms with Gasteiger partial charge in [0.05, 0.1) is 22.1 Å². The molecule has 0 saturated carbocycles. The summed E-state index contributed by atoms with van der Waals surface area (Å²) in [5.41, 5.74) is 0.945. The van der Waals surface area contributed by atoms with Crippen molar-refractivity contribution < 1.29 is 9.53 Å². The maximum absolute atomic E-state index is 12.0. The summed E-state index contributed by atoms with van der Waals surface area (Å²) >= 11 is 7.58. The zero-order chi connectivity index (χ0) is 15.5. The minimum absolute atomic E-state index is 0.0160. The maximum Gasteiger partial charge on any atom is 0.261 e. The molecule has 22 heavy (non-hydrogen) atoms. The van der Waals surface area contributed by atoms with Crippen molar-refractivity contribution in [1.29, 1.82) is 0 Å². The summed E-state index contributed by atoms with van der Waals surface area (Å²) in [6.45, 7) is 4.09. The van der Waals surface area contributed by atoms with Crippen LogP contribution in [0.3, 0.4) is 0 Å².